The Labute approximate surface area is 161 Å². The number of hydrogen-bond acceptors (Lipinski definition) is 4. The highest BCUT2D eigenvalue weighted by atomic mass is 35.5. The Morgan fingerprint density at radius 2 is 2.19 bits per heavy atom. The SMILES string of the molecule is CCOc1ccc(NC(=O)C2CCCCN2C(=O)c2cccs2)cc1Cl. The average Bonchev–Trinajstić information content (AvgIpc) is 3.18. The Balaban J connectivity index is 1.72. The zero-order chi connectivity index (χ0) is 18.5. The van der Waals surface area contributed by atoms with E-state index in [0.29, 0.717) is 40.9 Å². The number of amides is 2. The molecule has 1 unspecified atom stereocenters. The van der Waals surface area contributed by atoms with E-state index in [1.165, 1.54) is 11.3 Å². The molecule has 0 aliphatic carbocycles. The highest BCUT2D eigenvalue weighted by Crippen LogP contribution is 2.28. The molecule has 2 aromatic rings. The van der Waals surface area contributed by atoms with Crippen LogP contribution in [0.25, 0.3) is 0 Å². The largest absolute Gasteiger partial charge is 0.492 e. The first-order valence-electron chi connectivity index (χ1n) is 8.68. The molecule has 0 spiro atoms. The lowest BCUT2D eigenvalue weighted by Crippen LogP contribution is -2.49. The molecule has 3 rings (SSSR count). The van der Waals surface area contributed by atoms with Crippen molar-refractivity contribution >= 4 is 40.4 Å². The summed E-state index contributed by atoms with van der Waals surface area (Å²) < 4.78 is 5.41. The number of ether oxygens (including phenoxy) is 1. The molecule has 5 nitrogen and oxygen atoms in total. The first-order valence-corrected chi connectivity index (χ1v) is 9.93. The second-order valence-corrected chi connectivity index (χ2v) is 7.41. The van der Waals surface area contributed by atoms with Gasteiger partial charge in [0.15, 0.2) is 0 Å². The molecule has 1 atom stereocenters. The predicted octanol–water partition coefficient (Wildman–Crippen LogP) is 4.43. The van der Waals surface area contributed by atoms with Crippen molar-refractivity contribution < 1.29 is 14.3 Å². The molecule has 1 aromatic carbocycles. The minimum absolute atomic E-state index is 0.0791. The maximum absolute atomic E-state index is 12.8. The molecule has 1 saturated heterocycles. The number of likely N-dealkylation sites (tertiary alicyclic amines) is 1. The molecule has 0 radical (unpaired) electrons. The van der Waals surface area contributed by atoms with Gasteiger partial charge < -0.3 is 15.0 Å². The number of rotatable bonds is 5. The van der Waals surface area contributed by atoms with Crippen molar-refractivity contribution in [3.8, 4) is 5.75 Å². The fraction of sp³-hybridized carbons (Fsp3) is 0.368. The Morgan fingerprint density at radius 3 is 2.88 bits per heavy atom. The highest BCUT2D eigenvalue weighted by molar-refractivity contribution is 7.12. The third kappa shape index (κ3) is 4.19. The standard InChI is InChI=1S/C19H21ClN2O3S/c1-2-25-16-9-8-13(12-14(16)20)21-18(23)15-6-3-4-10-22(15)19(24)17-7-5-11-26-17/h5,7-9,11-12,15H,2-4,6,10H2,1H3,(H,21,23). The summed E-state index contributed by atoms with van der Waals surface area (Å²) in [5.41, 5.74) is 0.595. The number of nitrogens with one attached hydrogen (secondary N) is 1. The van der Waals surface area contributed by atoms with Crippen LogP contribution in [0.5, 0.6) is 5.75 Å². The summed E-state index contributed by atoms with van der Waals surface area (Å²) in [6.45, 7) is 3.00. The van der Waals surface area contributed by atoms with Crippen molar-refractivity contribution in [2.45, 2.75) is 32.2 Å². The summed E-state index contributed by atoms with van der Waals surface area (Å²) in [4.78, 5) is 27.9. The van der Waals surface area contributed by atoms with Gasteiger partial charge in [0.05, 0.1) is 16.5 Å². The Kier molecular flexibility index (Phi) is 6.16. The topological polar surface area (TPSA) is 58.6 Å². The van der Waals surface area contributed by atoms with Gasteiger partial charge in [-0.25, -0.2) is 0 Å². The third-order valence-electron chi connectivity index (χ3n) is 4.30. The van der Waals surface area contributed by atoms with Gasteiger partial charge >= 0.3 is 0 Å². The molecule has 1 aliphatic heterocycles. The van der Waals surface area contributed by atoms with Crippen LogP contribution >= 0.6 is 22.9 Å². The first-order chi connectivity index (χ1) is 12.6. The molecule has 1 aliphatic rings. The van der Waals surface area contributed by atoms with Crippen molar-refractivity contribution in [3.05, 3.63) is 45.6 Å². The zero-order valence-electron chi connectivity index (χ0n) is 14.5. The van der Waals surface area contributed by atoms with Crippen LogP contribution in [-0.4, -0.2) is 35.9 Å². The van der Waals surface area contributed by atoms with Gasteiger partial charge in [0.25, 0.3) is 5.91 Å². The lowest BCUT2D eigenvalue weighted by molar-refractivity contribution is -0.121. The number of halogens is 1. The summed E-state index contributed by atoms with van der Waals surface area (Å²) in [6.07, 6.45) is 2.50. The van der Waals surface area contributed by atoms with Gasteiger partial charge in [0, 0.05) is 12.2 Å². The maximum atomic E-state index is 12.8. The Morgan fingerprint density at radius 1 is 1.35 bits per heavy atom. The third-order valence-corrected chi connectivity index (χ3v) is 5.45. The average molecular weight is 393 g/mol. The summed E-state index contributed by atoms with van der Waals surface area (Å²) in [5.74, 6) is 0.318. The van der Waals surface area contributed by atoms with Gasteiger partial charge in [-0.3, -0.25) is 9.59 Å². The number of carbonyl (C=O) groups excluding carboxylic acids is 2. The van der Waals surface area contributed by atoms with E-state index in [0.717, 1.165) is 12.8 Å². The summed E-state index contributed by atoms with van der Waals surface area (Å²) in [7, 11) is 0. The lowest BCUT2D eigenvalue weighted by atomic mass is 10.0. The summed E-state index contributed by atoms with van der Waals surface area (Å²) in [6, 6.07) is 8.32. The molecule has 0 bridgehead atoms. The number of benzene rings is 1. The monoisotopic (exact) mass is 392 g/mol. The van der Waals surface area contributed by atoms with Crippen LogP contribution in [0.1, 0.15) is 35.9 Å². The zero-order valence-corrected chi connectivity index (χ0v) is 16.1. The second kappa shape index (κ2) is 8.56. The molecule has 138 valence electrons. The van der Waals surface area contributed by atoms with Crippen molar-refractivity contribution in [3.63, 3.8) is 0 Å². The molecule has 2 amide bonds. The molecule has 26 heavy (non-hydrogen) atoms. The molecular formula is C19H21ClN2O3S. The Bertz CT molecular complexity index is 779. The minimum atomic E-state index is -0.469. The van der Waals surface area contributed by atoms with E-state index >= 15 is 0 Å². The van der Waals surface area contributed by atoms with Crippen LogP contribution in [0.2, 0.25) is 5.02 Å². The van der Waals surface area contributed by atoms with E-state index in [4.69, 9.17) is 16.3 Å². The van der Waals surface area contributed by atoms with Gasteiger partial charge in [0.2, 0.25) is 5.91 Å². The van der Waals surface area contributed by atoms with E-state index in [9.17, 15) is 9.59 Å². The van der Waals surface area contributed by atoms with Crippen LogP contribution in [-0.2, 0) is 4.79 Å². The molecule has 1 aromatic heterocycles. The number of thiophene rings is 1. The van der Waals surface area contributed by atoms with E-state index in [-0.39, 0.29) is 11.8 Å². The summed E-state index contributed by atoms with van der Waals surface area (Å²) >= 11 is 7.58. The molecular weight excluding hydrogens is 372 g/mol. The molecule has 2 heterocycles. The van der Waals surface area contributed by atoms with E-state index in [1.807, 2.05) is 18.4 Å². The van der Waals surface area contributed by atoms with Crippen LogP contribution in [0.4, 0.5) is 5.69 Å². The van der Waals surface area contributed by atoms with Crippen molar-refractivity contribution in [2.75, 3.05) is 18.5 Å². The number of anilines is 1. The van der Waals surface area contributed by atoms with Crippen LogP contribution in [0.3, 0.4) is 0 Å². The minimum Gasteiger partial charge on any atom is -0.492 e. The summed E-state index contributed by atoms with van der Waals surface area (Å²) in [5, 5.41) is 5.20. The van der Waals surface area contributed by atoms with Crippen LogP contribution in [0, 0.1) is 0 Å². The van der Waals surface area contributed by atoms with Gasteiger partial charge in [-0.2, -0.15) is 0 Å². The highest BCUT2D eigenvalue weighted by Gasteiger charge is 2.33. The fourth-order valence-electron chi connectivity index (χ4n) is 3.07. The second-order valence-electron chi connectivity index (χ2n) is 6.05. The van der Waals surface area contributed by atoms with Crippen molar-refractivity contribution in [1.29, 1.82) is 0 Å². The van der Waals surface area contributed by atoms with Crippen LogP contribution in [0.15, 0.2) is 35.7 Å². The molecule has 1 fully saturated rings. The van der Waals surface area contributed by atoms with Gasteiger partial charge in [0.1, 0.15) is 11.8 Å². The number of piperidine rings is 1. The molecule has 1 N–H and O–H groups in total. The van der Waals surface area contributed by atoms with Gasteiger partial charge in [-0.15, -0.1) is 11.3 Å². The first kappa shape index (κ1) is 18.7. The van der Waals surface area contributed by atoms with Crippen molar-refractivity contribution in [2.24, 2.45) is 0 Å². The quantitative estimate of drug-likeness (QED) is 0.818. The Hall–Kier alpha value is -2.05. The lowest BCUT2D eigenvalue weighted by Gasteiger charge is -2.34. The van der Waals surface area contributed by atoms with E-state index in [1.54, 1.807) is 29.2 Å². The van der Waals surface area contributed by atoms with E-state index in [2.05, 4.69) is 5.32 Å². The van der Waals surface area contributed by atoms with Gasteiger partial charge in [-0.05, 0) is 55.8 Å². The molecule has 7 heteroatoms. The predicted molar refractivity (Wildman–Crippen MR) is 104 cm³/mol. The van der Waals surface area contributed by atoms with Crippen LogP contribution < -0.4 is 10.1 Å². The van der Waals surface area contributed by atoms with Crippen molar-refractivity contribution in [1.82, 2.24) is 4.90 Å². The fourth-order valence-corrected chi connectivity index (χ4v) is 3.98. The molecule has 0 saturated carbocycles. The van der Waals surface area contributed by atoms with E-state index < -0.39 is 6.04 Å². The number of hydrogen-bond donors (Lipinski definition) is 1. The smallest absolute Gasteiger partial charge is 0.264 e. The maximum Gasteiger partial charge on any atom is 0.264 e. The normalized spacial score (nSPS) is 17.0. The number of nitrogens with zero attached hydrogens (tertiary/aromatic N) is 1. The van der Waals surface area contributed by atoms with Gasteiger partial charge in [-0.1, -0.05) is 17.7 Å². The number of carbonyl (C=O) groups is 2.